The standard InChI is InChI=1S/C17H17N3/c1-10-7-8-15-14(9-10)16(18)20-17(19-15)13-6-4-5-11(2)12(13)3/h4-9H,1-3H3,(H2,18,19,20). The van der Waals surface area contributed by atoms with Gasteiger partial charge in [0.25, 0.3) is 0 Å². The molecule has 0 atom stereocenters. The van der Waals surface area contributed by atoms with Crippen molar-refractivity contribution < 1.29 is 0 Å². The monoisotopic (exact) mass is 263 g/mol. The predicted octanol–water partition coefficient (Wildman–Crippen LogP) is 3.80. The molecular weight excluding hydrogens is 246 g/mol. The average Bonchev–Trinajstić information content (AvgIpc) is 2.42. The van der Waals surface area contributed by atoms with Crippen LogP contribution in [0.4, 0.5) is 5.82 Å². The summed E-state index contributed by atoms with van der Waals surface area (Å²) in [5.74, 6) is 1.23. The van der Waals surface area contributed by atoms with E-state index in [2.05, 4.69) is 29.9 Å². The van der Waals surface area contributed by atoms with E-state index < -0.39 is 0 Å². The molecule has 3 aromatic rings. The van der Waals surface area contributed by atoms with Crippen LogP contribution in [0.2, 0.25) is 0 Å². The maximum absolute atomic E-state index is 6.10. The zero-order valence-electron chi connectivity index (χ0n) is 11.9. The van der Waals surface area contributed by atoms with Gasteiger partial charge in [-0.25, -0.2) is 9.97 Å². The molecule has 0 aliphatic rings. The number of nitrogens with zero attached hydrogens (tertiary/aromatic N) is 2. The molecule has 0 fully saturated rings. The molecule has 1 heterocycles. The first-order valence-electron chi connectivity index (χ1n) is 6.67. The number of nitrogen functional groups attached to an aromatic ring is 1. The highest BCUT2D eigenvalue weighted by atomic mass is 14.9. The number of benzene rings is 2. The number of aromatic nitrogens is 2. The van der Waals surface area contributed by atoms with Crippen molar-refractivity contribution >= 4 is 16.7 Å². The summed E-state index contributed by atoms with van der Waals surface area (Å²) in [6.07, 6.45) is 0. The molecule has 0 aliphatic carbocycles. The highest BCUT2D eigenvalue weighted by molar-refractivity contribution is 5.90. The van der Waals surface area contributed by atoms with E-state index in [1.165, 1.54) is 11.1 Å². The Kier molecular flexibility index (Phi) is 2.90. The lowest BCUT2D eigenvalue weighted by Gasteiger charge is -2.10. The second-order valence-corrected chi connectivity index (χ2v) is 5.20. The van der Waals surface area contributed by atoms with E-state index in [4.69, 9.17) is 5.73 Å². The van der Waals surface area contributed by atoms with Gasteiger partial charge < -0.3 is 5.73 Å². The Balaban J connectivity index is 2.28. The molecule has 0 bridgehead atoms. The van der Waals surface area contributed by atoms with E-state index in [0.29, 0.717) is 11.6 Å². The molecule has 20 heavy (non-hydrogen) atoms. The first-order chi connectivity index (χ1) is 9.56. The number of anilines is 1. The number of fused-ring (bicyclic) bond motifs is 1. The molecule has 100 valence electrons. The van der Waals surface area contributed by atoms with E-state index in [-0.39, 0.29) is 0 Å². The van der Waals surface area contributed by atoms with Crippen LogP contribution in [-0.4, -0.2) is 9.97 Å². The summed E-state index contributed by atoms with van der Waals surface area (Å²) in [5, 5.41) is 0.916. The minimum Gasteiger partial charge on any atom is -0.383 e. The second-order valence-electron chi connectivity index (χ2n) is 5.20. The summed E-state index contributed by atoms with van der Waals surface area (Å²) < 4.78 is 0. The maximum Gasteiger partial charge on any atom is 0.162 e. The van der Waals surface area contributed by atoms with Crippen molar-refractivity contribution in [3.05, 3.63) is 53.1 Å². The molecule has 0 saturated heterocycles. The number of nitrogens with two attached hydrogens (primary N) is 1. The molecule has 3 nitrogen and oxygen atoms in total. The SMILES string of the molecule is Cc1ccc2nc(-c3cccc(C)c3C)nc(N)c2c1. The quantitative estimate of drug-likeness (QED) is 0.726. The largest absolute Gasteiger partial charge is 0.383 e. The summed E-state index contributed by atoms with van der Waals surface area (Å²) in [7, 11) is 0. The zero-order valence-corrected chi connectivity index (χ0v) is 11.9. The van der Waals surface area contributed by atoms with Gasteiger partial charge in [-0.15, -0.1) is 0 Å². The molecule has 0 spiro atoms. The first-order valence-corrected chi connectivity index (χ1v) is 6.67. The Hall–Kier alpha value is -2.42. The smallest absolute Gasteiger partial charge is 0.162 e. The van der Waals surface area contributed by atoms with Crippen LogP contribution in [0.5, 0.6) is 0 Å². The average molecular weight is 263 g/mol. The molecule has 0 saturated carbocycles. The van der Waals surface area contributed by atoms with Crippen molar-refractivity contribution in [2.45, 2.75) is 20.8 Å². The third kappa shape index (κ3) is 2.01. The van der Waals surface area contributed by atoms with Crippen LogP contribution in [0.3, 0.4) is 0 Å². The zero-order chi connectivity index (χ0) is 14.3. The van der Waals surface area contributed by atoms with Crippen LogP contribution >= 0.6 is 0 Å². The Morgan fingerprint density at radius 3 is 2.55 bits per heavy atom. The highest BCUT2D eigenvalue weighted by Gasteiger charge is 2.10. The molecular formula is C17H17N3. The van der Waals surface area contributed by atoms with Crippen LogP contribution in [-0.2, 0) is 0 Å². The normalized spacial score (nSPS) is 10.9. The van der Waals surface area contributed by atoms with Gasteiger partial charge in [-0.2, -0.15) is 0 Å². The predicted molar refractivity (Wildman–Crippen MR) is 83.6 cm³/mol. The van der Waals surface area contributed by atoms with Crippen molar-refractivity contribution in [3.8, 4) is 11.4 Å². The first kappa shape index (κ1) is 12.6. The second kappa shape index (κ2) is 4.60. The number of hydrogen-bond donors (Lipinski definition) is 1. The van der Waals surface area contributed by atoms with Crippen molar-refractivity contribution in [3.63, 3.8) is 0 Å². The lowest BCUT2D eigenvalue weighted by atomic mass is 10.0. The van der Waals surface area contributed by atoms with E-state index in [1.807, 2.05) is 37.3 Å². The van der Waals surface area contributed by atoms with E-state index in [1.54, 1.807) is 0 Å². The molecule has 0 amide bonds. The van der Waals surface area contributed by atoms with Crippen LogP contribution in [0.15, 0.2) is 36.4 Å². The van der Waals surface area contributed by atoms with Crippen LogP contribution < -0.4 is 5.73 Å². The molecule has 0 aliphatic heterocycles. The van der Waals surface area contributed by atoms with Gasteiger partial charge in [-0.3, -0.25) is 0 Å². The number of aryl methyl sites for hydroxylation is 2. The Bertz CT molecular complexity index is 807. The van der Waals surface area contributed by atoms with Crippen molar-refractivity contribution in [2.75, 3.05) is 5.73 Å². The summed E-state index contributed by atoms with van der Waals surface area (Å²) in [6.45, 7) is 6.22. The molecule has 3 heteroatoms. The Morgan fingerprint density at radius 2 is 1.75 bits per heavy atom. The lowest BCUT2D eigenvalue weighted by molar-refractivity contribution is 1.21. The van der Waals surface area contributed by atoms with Gasteiger partial charge in [0.1, 0.15) is 5.82 Å². The number of hydrogen-bond acceptors (Lipinski definition) is 3. The topological polar surface area (TPSA) is 51.8 Å². The fraction of sp³-hybridized carbons (Fsp3) is 0.176. The lowest BCUT2D eigenvalue weighted by Crippen LogP contribution is -1.99. The van der Waals surface area contributed by atoms with Crippen molar-refractivity contribution in [1.29, 1.82) is 0 Å². The Labute approximate surface area is 118 Å². The van der Waals surface area contributed by atoms with Crippen LogP contribution in [0, 0.1) is 20.8 Å². The van der Waals surface area contributed by atoms with Crippen molar-refractivity contribution in [2.24, 2.45) is 0 Å². The van der Waals surface area contributed by atoms with E-state index in [0.717, 1.165) is 22.0 Å². The van der Waals surface area contributed by atoms with Gasteiger partial charge >= 0.3 is 0 Å². The van der Waals surface area contributed by atoms with Gasteiger partial charge in [-0.1, -0.05) is 29.8 Å². The van der Waals surface area contributed by atoms with E-state index in [9.17, 15) is 0 Å². The third-order valence-electron chi connectivity index (χ3n) is 3.73. The van der Waals surface area contributed by atoms with Gasteiger partial charge in [0.2, 0.25) is 0 Å². The summed E-state index contributed by atoms with van der Waals surface area (Å²) in [4.78, 5) is 9.14. The fourth-order valence-corrected chi connectivity index (χ4v) is 2.38. The molecule has 1 aromatic heterocycles. The summed E-state index contributed by atoms with van der Waals surface area (Å²) in [6, 6.07) is 12.2. The Morgan fingerprint density at radius 1 is 0.950 bits per heavy atom. The summed E-state index contributed by atoms with van der Waals surface area (Å²) in [5.41, 5.74) is 11.6. The van der Waals surface area contributed by atoms with E-state index >= 15 is 0 Å². The van der Waals surface area contributed by atoms with Crippen LogP contribution in [0.1, 0.15) is 16.7 Å². The molecule has 2 N–H and O–H groups in total. The molecule has 0 unspecified atom stereocenters. The molecule has 3 rings (SSSR count). The van der Waals surface area contributed by atoms with Crippen molar-refractivity contribution in [1.82, 2.24) is 9.97 Å². The molecule has 0 radical (unpaired) electrons. The van der Waals surface area contributed by atoms with Gasteiger partial charge in [0.05, 0.1) is 5.52 Å². The van der Waals surface area contributed by atoms with Crippen LogP contribution in [0.25, 0.3) is 22.3 Å². The minimum atomic E-state index is 0.537. The maximum atomic E-state index is 6.10. The molecule has 2 aromatic carbocycles. The highest BCUT2D eigenvalue weighted by Crippen LogP contribution is 2.27. The fourth-order valence-electron chi connectivity index (χ4n) is 2.38. The third-order valence-corrected chi connectivity index (χ3v) is 3.73. The summed E-state index contributed by atoms with van der Waals surface area (Å²) >= 11 is 0. The van der Waals surface area contributed by atoms with Gasteiger partial charge in [-0.05, 0) is 44.0 Å². The van der Waals surface area contributed by atoms with Gasteiger partial charge in [0.15, 0.2) is 5.82 Å². The number of rotatable bonds is 1. The minimum absolute atomic E-state index is 0.537. The van der Waals surface area contributed by atoms with Gasteiger partial charge in [0, 0.05) is 10.9 Å².